The fourth-order valence-corrected chi connectivity index (χ4v) is 3.27. The summed E-state index contributed by atoms with van der Waals surface area (Å²) in [7, 11) is 0. The van der Waals surface area contributed by atoms with E-state index in [-0.39, 0.29) is 17.6 Å². The fourth-order valence-electron chi connectivity index (χ4n) is 3.27. The van der Waals surface area contributed by atoms with E-state index < -0.39 is 0 Å². The number of benzene rings is 1. The van der Waals surface area contributed by atoms with Gasteiger partial charge in [-0.25, -0.2) is 4.39 Å². The average Bonchev–Trinajstić information content (AvgIpc) is 3.21. The summed E-state index contributed by atoms with van der Waals surface area (Å²) >= 11 is 0. The van der Waals surface area contributed by atoms with Crippen LogP contribution in [0, 0.1) is 5.82 Å². The third-order valence-electron chi connectivity index (χ3n) is 4.77. The Hall–Kier alpha value is -3.13. The second kappa shape index (κ2) is 8.26. The molecular weight excluding hydrogens is 361 g/mol. The maximum Gasteiger partial charge on any atom is 0.238 e. The molecule has 3 heterocycles. The van der Waals surface area contributed by atoms with Crippen molar-refractivity contribution in [1.82, 2.24) is 20.0 Å². The molecule has 1 fully saturated rings. The van der Waals surface area contributed by atoms with Crippen LogP contribution in [-0.4, -0.2) is 45.6 Å². The normalized spacial score (nSPS) is 15.5. The van der Waals surface area contributed by atoms with Crippen molar-refractivity contribution in [3.8, 4) is 11.5 Å². The number of hydrogen-bond donors (Lipinski definition) is 1. The standard InChI is InChI=1S/C20H20FN5O2/c21-15-4-6-16(7-5-15)23-18(27)13-26-11-8-14(9-12-26)20-24-19(25-28-20)17-3-1-2-10-22-17/h1-7,10,14H,8-9,11-13H2,(H,23,27). The summed E-state index contributed by atoms with van der Waals surface area (Å²) in [6.45, 7) is 1.83. The zero-order chi connectivity index (χ0) is 19.3. The van der Waals surface area contributed by atoms with Crippen LogP contribution in [0.5, 0.6) is 0 Å². The smallest absolute Gasteiger partial charge is 0.238 e. The zero-order valence-electron chi connectivity index (χ0n) is 15.2. The number of pyridine rings is 1. The first kappa shape index (κ1) is 18.2. The van der Waals surface area contributed by atoms with E-state index in [1.165, 1.54) is 12.1 Å². The molecule has 1 amide bonds. The minimum absolute atomic E-state index is 0.111. The van der Waals surface area contributed by atoms with Gasteiger partial charge < -0.3 is 9.84 Å². The lowest BCUT2D eigenvalue weighted by Crippen LogP contribution is -2.38. The van der Waals surface area contributed by atoms with Crippen molar-refractivity contribution in [2.75, 3.05) is 25.0 Å². The van der Waals surface area contributed by atoms with Crippen LogP contribution in [0.3, 0.4) is 0 Å². The van der Waals surface area contributed by atoms with Gasteiger partial charge in [0, 0.05) is 17.8 Å². The van der Waals surface area contributed by atoms with Gasteiger partial charge in [-0.05, 0) is 62.3 Å². The highest BCUT2D eigenvalue weighted by Gasteiger charge is 2.26. The summed E-state index contributed by atoms with van der Waals surface area (Å²) in [6.07, 6.45) is 3.38. The lowest BCUT2D eigenvalue weighted by atomic mass is 9.97. The highest BCUT2D eigenvalue weighted by atomic mass is 19.1. The molecule has 4 rings (SSSR count). The molecule has 0 saturated carbocycles. The van der Waals surface area contributed by atoms with Crippen LogP contribution in [0.25, 0.3) is 11.5 Å². The van der Waals surface area contributed by atoms with Gasteiger partial charge in [0.25, 0.3) is 0 Å². The molecule has 28 heavy (non-hydrogen) atoms. The van der Waals surface area contributed by atoms with Crippen molar-refractivity contribution in [2.24, 2.45) is 0 Å². The van der Waals surface area contributed by atoms with Crippen molar-refractivity contribution in [3.05, 3.63) is 60.4 Å². The molecular formula is C20H20FN5O2. The van der Waals surface area contributed by atoms with Gasteiger partial charge in [-0.1, -0.05) is 11.2 Å². The summed E-state index contributed by atoms with van der Waals surface area (Å²) in [5.74, 6) is 0.863. The number of carbonyl (C=O) groups is 1. The van der Waals surface area contributed by atoms with E-state index in [1.807, 2.05) is 18.2 Å². The molecule has 8 heteroatoms. The second-order valence-electron chi connectivity index (χ2n) is 6.78. The number of nitrogens with zero attached hydrogens (tertiary/aromatic N) is 4. The van der Waals surface area contributed by atoms with E-state index in [9.17, 15) is 9.18 Å². The molecule has 0 bridgehead atoms. The first-order valence-corrected chi connectivity index (χ1v) is 9.20. The molecule has 7 nitrogen and oxygen atoms in total. The van der Waals surface area contributed by atoms with Crippen LogP contribution in [0.1, 0.15) is 24.7 Å². The number of rotatable bonds is 5. The Bertz CT molecular complexity index is 921. The molecule has 0 radical (unpaired) electrons. The molecule has 2 aromatic heterocycles. The van der Waals surface area contributed by atoms with Crippen molar-refractivity contribution >= 4 is 11.6 Å². The molecule has 1 N–H and O–H groups in total. The molecule has 0 spiro atoms. The second-order valence-corrected chi connectivity index (χ2v) is 6.78. The molecule has 1 aliphatic heterocycles. The lowest BCUT2D eigenvalue weighted by Gasteiger charge is -2.29. The number of piperidine rings is 1. The summed E-state index contributed by atoms with van der Waals surface area (Å²) in [5.41, 5.74) is 1.28. The monoisotopic (exact) mass is 381 g/mol. The van der Waals surface area contributed by atoms with E-state index in [2.05, 4.69) is 25.3 Å². The maximum atomic E-state index is 12.9. The summed E-state index contributed by atoms with van der Waals surface area (Å²) < 4.78 is 18.4. The first-order valence-electron chi connectivity index (χ1n) is 9.20. The van der Waals surface area contributed by atoms with E-state index >= 15 is 0 Å². The minimum Gasteiger partial charge on any atom is -0.339 e. The van der Waals surface area contributed by atoms with E-state index in [1.54, 1.807) is 18.3 Å². The van der Waals surface area contributed by atoms with Crippen LogP contribution in [-0.2, 0) is 4.79 Å². The topological polar surface area (TPSA) is 84.2 Å². The highest BCUT2D eigenvalue weighted by Crippen LogP contribution is 2.28. The van der Waals surface area contributed by atoms with Crippen molar-refractivity contribution in [1.29, 1.82) is 0 Å². The molecule has 0 aliphatic carbocycles. The minimum atomic E-state index is -0.327. The van der Waals surface area contributed by atoms with E-state index in [4.69, 9.17) is 4.52 Å². The van der Waals surface area contributed by atoms with Gasteiger partial charge in [0.15, 0.2) is 0 Å². The average molecular weight is 381 g/mol. The Balaban J connectivity index is 1.28. The van der Waals surface area contributed by atoms with Gasteiger partial charge >= 0.3 is 0 Å². The number of anilines is 1. The van der Waals surface area contributed by atoms with Crippen molar-refractivity contribution in [2.45, 2.75) is 18.8 Å². The number of likely N-dealkylation sites (tertiary alicyclic amines) is 1. The third kappa shape index (κ3) is 4.40. The van der Waals surface area contributed by atoms with Crippen LogP contribution in [0.2, 0.25) is 0 Å². The third-order valence-corrected chi connectivity index (χ3v) is 4.77. The number of amides is 1. The Morgan fingerprint density at radius 2 is 1.96 bits per heavy atom. The van der Waals surface area contributed by atoms with Crippen LogP contribution in [0.15, 0.2) is 53.2 Å². The van der Waals surface area contributed by atoms with Crippen molar-refractivity contribution < 1.29 is 13.7 Å². The largest absolute Gasteiger partial charge is 0.339 e. The highest BCUT2D eigenvalue weighted by molar-refractivity contribution is 5.92. The summed E-state index contributed by atoms with van der Waals surface area (Å²) in [4.78, 5) is 23.0. The lowest BCUT2D eigenvalue weighted by molar-refractivity contribution is -0.117. The summed E-state index contributed by atoms with van der Waals surface area (Å²) in [6, 6.07) is 11.3. The number of carbonyl (C=O) groups excluding carboxylic acids is 1. The predicted octanol–water partition coefficient (Wildman–Crippen LogP) is 3.09. The van der Waals surface area contributed by atoms with Gasteiger partial charge in [0.2, 0.25) is 17.6 Å². The molecule has 144 valence electrons. The number of aromatic nitrogens is 3. The van der Waals surface area contributed by atoms with Crippen LogP contribution >= 0.6 is 0 Å². The molecule has 0 atom stereocenters. The zero-order valence-corrected chi connectivity index (χ0v) is 15.2. The predicted molar refractivity (Wildman–Crippen MR) is 101 cm³/mol. The van der Waals surface area contributed by atoms with Gasteiger partial charge in [-0.2, -0.15) is 4.98 Å². The SMILES string of the molecule is O=C(CN1CCC(c2nc(-c3ccccn3)no2)CC1)Nc1ccc(F)cc1. The molecule has 1 aromatic carbocycles. The van der Waals surface area contributed by atoms with Gasteiger partial charge in [-0.3, -0.25) is 14.7 Å². The van der Waals surface area contributed by atoms with Gasteiger partial charge in [0.05, 0.1) is 6.54 Å². The number of halogens is 1. The van der Waals surface area contributed by atoms with Gasteiger partial charge in [0.1, 0.15) is 11.5 Å². The Labute approximate surface area is 161 Å². The van der Waals surface area contributed by atoms with Crippen LogP contribution in [0.4, 0.5) is 10.1 Å². The maximum absolute atomic E-state index is 12.9. The Morgan fingerprint density at radius 1 is 1.18 bits per heavy atom. The number of nitrogens with one attached hydrogen (secondary N) is 1. The number of hydrogen-bond acceptors (Lipinski definition) is 6. The van der Waals surface area contributed by atoms with E-state index in [0.717, 1.165) is 25.9 Å². The molecule has 3 aromatic rings. The molecule has 0 unspecified atom stereocenters. The quantitative estimate of drug-likeness (QED) is 0.731. The fraction of sp³-hybridized carbons (Fsp3) is 0.300. The summed E-state index contributed by atoms with van der Waals surface area (Å²) in [5, 5.41) is 6.81. The van der Waals surface area contributed by atoms with Gasteiger partial charge in [-0.15, -0.1) is 0 Å². The molecule has 1 saturated heterocycles. The first-order chi connectivity index (χ1) is 13.7. The molecule has 1 aliphatic rings. The van der Waals surface area contributed by atoms with Crippen molar-refractivity contribution in [3.63, 3.8) is 0 Å². The van der Waals surface area contributed by atoms with E-state index in [0.29, 0.717) is 29.6 Å². The Morgan fingerprint density at radius 3 is 2.68 bits per heavy atom. The Kier molecular flexibility index (Phi) is 5.38. The van der Waals surface area contributed by atoms with Crippen LogP contribution < -0.4 is 5.32 Å².